The van der Waals surface area contributed by atoms with Crippen LogP contribution in [0.15, 0.2) is 24.3 Å². The van der Waals surface area contributed by atoms with Crippen molar-refractivity contribution >= 4 is 5.91 Å². The van der Waals surface area contributed by atoms with Gasteiger partial charge >= 0.3 is 0 Å². The maximum absolute atomic E-state index is 12.2. The predicted molar refractivity (Wildman–Crippen MR) is 97.7 cm³/mol. The molecule has 1 aliphatic heterocycles. The summed E-state index contributed by atoms with van der Waals surface area (Å²) in [6.45, 7) is 10.8. The Balaban J connectivity index is 1.73. The molecule has 134 valence electrons. The molecule has 1 atom stereocenters. The van der Waals surface area contributed by atoms with E-state index >= 15 is 0 Å². The molecule has 1 aromatic carbocycles. The molecule has 1 fully saturated rings. The van der Waals surface area contributed by atoms with E-state index in [0.717, 1.165) is 45.0 Å². The van der Waals surface area contributed by atoms with E-state index in [9.17, 15) is 4.79 Å². The first-order chi connectivity index (χ1) is 11.7. The van der Waals surface area contributed by atoms with Gasteiger partial charge in [-0.05, 0) is 69.2 Å². The van der Waals surface area contributed by atoms with E-state index in [4.69, 9.17) is 4.74 Å². The second kappa shape index (κ2) is 10.3. The van der Waals surface area contributed by atoms with Crippen LogP contribution in [0, 0.1) is 5.92 Å². The van der Waals surface area contributed by atoms with Crippen LogP contribution in [0.25, 0.3) is 0 Å². The first-order valence-electron chi connectivity index (χ1n) is 9.17. The van der Waals surface area contributed by atoms with Gasteiger partial charge in [0.15, 0.2) is 0 Å². The first-order valence-corrected chi connectivity index (χ1v) is 9.17. The van der Waals surface area contributed by atoms with Gasteiger partial charge in [-0.1, -0.05) is 13.8 Å². The lowest BCUT2D eigenvalue weighted by atomic mass is 10.00. The molecule has 0 spiro atoms. The zero-order valence-corrected chi connectivity index (χ0v) is 15.0. The molecule has 1 aromatic rings. The standard InChI is InChI=1S/C19H31N3O2/c1-3-22(4-2)12-13-24-18-9-7-17(8-10-18)19(23)21-15-16-6-5-11-20-14-16/h7-10,16,20H,3-6,11-15H2,1-2H3,(H,21,23). The Morgan fingerprint density at radius 3 is 2.67 bits per heavy atom. The average molecular weight is 333 g/mol. The van der Waals surface area contributed by atoms with Crippen molar-refractivity contribution < 1.29 is 9.53 Å². The van der Waals surface area contributed by atoms with Crippen LogP contribution in [-0.4, -0.2) is 56.7 Å². The summed E-state index contributed by atoms with van der Waals surface area (Å²) in [5.41, 5.74) is 0.690. The SMILES string of the molecule is CCN(CC)CCOc1ccc(C(=O)NCC2CCCNC2)cc1. The summed E-state index contributed by atoms with van der Waals surface area (Å²) >= 11 is 0. The molecule has 2 N–H and O–H groups in total. The van der Waals surface area contributed by atoms with Gasteiger partial charge in [-0.25, -0.2) is 0 Å². The second-order valence-electron chi connectivity index (χ2n) is 6.32. The zero-order valence-electron chi connectivity index (χ0n) is 15.0. The van der Waals surface area contributed by atoms with Crippen molar-refractivity contribution in [2.45, 2.75) is 26.7 Å². The number of amides is 1. The van der Waals surface area contributed by atoms with Crippen LogP contribution in [0.2, 0.25) is 0 Å². The molecular weight excluding hydrogens is 302 g/mol. The Morgan fingerprint density at radius 2 is 2.04 bits per heavy atom. The minimum Gasteiger partial charge on any atom is -0.492 e. The fraction of sp³-hybridized carbons (Fsp3) is 0.632. The number of hydrogen-bond donors (Lipinski definition) is 2. The highest BCUT2D eigenvalue weighted by Gasteiger charge is 2.14. The topological polar surface area (TPSA) is 53.6 Å². The van der Waals surface area contributed by atoms with E-state index < -0.39 is 0 Å². The molecule has 1 saturated heterocycles. The van der Waals surface area contributed by atoms with Gasteiger partial charge in [-0.15, -0.1) is 0 Å². The van der Waals surface area contributed by atoms with Crippen molar-refractivity contribution in [2.75, 3.05) is 45.9 Å². The van der Waals surface area contributed by atoms with Gasteiger partial charge in [0.2, 0.25) is 0 Å². The first kappa shape index (κ1) is 18.7. The summed E-state index contributed by atoms with van der Waals surface area (Å²) in [6, 6.07) is 7.42. The quantitative estimate of drug-likeness (QED) is 0.727. The van der Waals surface area contributed by atoms with Gasteiger partial charge in [0.25, 0.3) is 5.91 Å². The highest BCUT2D eigenvalue weighted by Crippen LogP contribution is 2.13. The number of likely N-dealkylation sites (N-methyl/N-ethyl adjacent to an activating group) is 1. The molecular formula is C19H31N3O2. The number of rotatable bonds is 9. The smallest absolute Gasteiger partial charge is 0.251 e. The number of piperidine rings is 1. The van der Waals surface area contributed by atoms with Gasteiger partial charge in [-0.3, -0.25) is 4.79 Å². The third kappa shape index (κ3) is 6.13. The minimum atomic E-state index is -0.00438. The maximum atomic E-state index is 12.2. The lowest BCUT2D eigenvalue weighted by Crippen LogP contribution is -2.38. The molecule has 2 rings (SSSR count). The number of carbonyl (C=O) groups excluding carboxylic acids is 1. The zero-order chi connectivity index (χ0) is 17.2. The lowest BCUT2D eigenvalue weighted by molar-refractivity contribution is 0.0945. The highest BCUT2D eigenvalue weighted by molar-refractivity contribution is 5.94. The number of hydrogen-bond acceptors (Lipinski definition) is 4. The lowest BCUT2D eigenvalue weighted by Gasteiger charge is -2.22. The van der Waals surface area contributed by atoms with E-state index in [1.54, 1.807) is 0 Å². The summed E-state index contributed by atoms with van der Waals surface area (Å²) in [6.07, 6.45) is 2.38. The van der Waals surface area contributed by atoms with Crippen molar-refractivity contribution in [3.05, 3.63) is 29.8 Å². The van der Waals surface area contributed by atoms with Crippen LogP contribution < -0.4 is 15.4 Å². The number of carbonyl (C=O) groups is 1. The number of nitrogens with one attached hydrogen (secondary N) is 2. The summed E-state index contributed by atoms with van der Waals surface area (Å²) in [5, 5.41) is 6.41. The number of ether oxygens (including phenoxy) is 1. The summed E-state index contributed by atoms with van der Waals surface area (Å²) in [5.74, 6) is 1.36. The molecule has 24 heavy (non-hydrogen) atoms. The second-order valence-corrected chi connectivity index (χ2v) is 6.32. The van der Waals surface area contributed by atoms with Crippen LogP contribution in [0.5, 0.6) is 5.75 Å². The van der Waals surface area contributed by atoms with E-state index in [-0.39, 0.29) is 5.91 Å². The van der Waals surface area contributed by atoms with Crippen LogP contribution >= 0.6 is 0 Å². The molecule has 0 aromatic heterocycles. The molecule has 0 radical (unpaired) electrons. The van der Waals surface area contributed by atoms with E-state index in [0.29, 0.717) is 18.1 Å². The van der Waals surface area contributed by atoms with Crippen LogP contribution in [0.4, 0.5) is 0 Å². The Hall–Kier alpha value is -1.59. The molecule has 5 nitrogen and oxygen atoms in total. The van der Waals surface area contributed by atoms with E-state index in [1.807, 2.05) is 24.3 Å². The van der Waals surface area contributed by atoms with Crippen molar-refractivity contribution in [3.8, 4) is 5.75 Å². The Labute approximate surface area is 145 Å². The van der Waals surface area contributed by atoms with Crippen molar-refractivity contribution in [3.63, 3.8) is 0 Å². The largest absolute Gasteiger partial charge is 0.492 e. The fourth-order valence-electron chi connectivity index (χ4n) is 2.97. The van der Waals surface area contributed by atoms with Crippen molar-refractivity contribution in [1.29, 1.82) is 0 Å². The third-order valence-electron chi connectivity index (χ3n) is 4.64. The maximum Gasteiger partial charge on any atom is 0.251 e. The molecule has 1 heterocycles. The van der Waals surface area contributed by atoms with Gasteiger partial charge in [0, 0.05) is 18.7 Å². The fourth-order valence-corrected chi connectivity index (χ4v) is 2.97. The van der Waals surface area contributed by atoms with Crippen molar-refractivity contribution in [1.82, 2.24) is 15.5 Å². The van der Waals surface area contributed by atoms with E-state index in [1.165, 1.54) is 12.8 Å². The minimum absolute atomic E-state index is 0.00438. The Bertz CT molecular complexity index is 480. The van der Waals surface area contributed by atoms with Gasteiger partial charge < -0.3 is 20.3 Å². The molecule has 1 aliphatic rings. The van der Waals surface area contributed by atoms with E-state index in [2.05, 4.69) is 29.4 Å². The van der Waals surface area contributed by atoms with Crippen LogP contribution in [0.3, 0.4) is 0 Å². The third-order valence-corrected chi connectivity index (χ3v) is 4.64. The average Bonchev–Trinajstić information content (AvgIpc) is 2.64. The molecule has 0 saturated carbocycles. The molecule has 0 bridgehead atoms. The molecule has 5 heteroatoms. The summed E-state index contributed by atoms with van der Waals surface area (Å²) in [4.78, 5) is 14.5. The summed E-state index contributed by atoms with van der Waals surface area (Å²) in [7, 11) is 0. The molecule has 1 amide bonds. The molecule has 0 aliphatic carbocycles. The van der Waals surface area contributed by atoms with Gasteiger partial charge in [-0.2, -0.15) is 0 Å². The Kier molecular flexibility index (Phi) is 8.05. The highest BCUT2D eigenvalue weighted by atomic mass is 16.5. The predicted octanol–water partition coefficient (Wildman–Crippen LogP) is 2.14. The normalized spacial score (nSPS) is 17.7. The molecule has 1 unspecified atom stereocenters. The summed E-state index contributed by atoms with van der Waals surface area (Å²) < 4.78 is 5.75. The van der Waals surface area contributed by atoms with Crippen LogP contribution in [0.1, 0.15) is 37.0 Å². The number of benzene rings is 1. The van der Waals surface area contributed by atoms with Crippen molar-refractivity contribution in [2.24, 2.45) is 5.92 Å². The van der Waals surface area contributed by atoms with Gasteiger partial charge in [0.05, 0.1) is 0 Å². The Morgan fingerprint density at radius 1 is 1.29 bits per heavy atom. The monoisotopic (exact) mass is 333 g/mol. The van der Waals surface area contributed by atoms with Gasteiger partial charge in [0.1, 0.15) is 12.4 Å². The number of nitrogens with zero attached hydrogens (tertiary/aromatic N) is 1. The van der Waals surface area contributed by atoms with Crippen LogP contribution in [-0.2, 0) is 0 Å².